The molecule has 0 saturated carbocycles. The second kappa shape index (κ2) is 7.25. The van der Waals surface area contributed by atoms with E-state index in [2.05, 4.69) is 52.4 Å². The van der Waals surface area contributed by atoms with Gasteiger partial charge < -0.3 is 5.73 Å². The molecule has 23 heavy (non-hydrogen) atoms. The Morgan fingerprint density at radius 3 is 2.74 bits per heavy atom. The van der Waals surface area contributed by atoms with Crippen molar-refractivity contribution in [3.63, 3.8) is 0 Å². The summed E-state index contributed by atoms with van der Waals surface area (Å²) in [6.45, 7) is 4.85. The zero-order chi connectivity index (χ0) is 16.1. The van der Waals surface area contributed by atoms with Gasteiger partial charge in [0.25, 0.3) is 0 Å². The van der Waals surface area contributed by atoms with Gasteiger partial charge in [0.05, 0.1) is 0 Å². The second-order valence-corrected chi connectivity index (χ2v) is 6.03. The van der Waals surface area contributed by atoms with E-state index in [1.54, 1.807) is 0 Å². The highest BCUT2D eigenvalue weighted by Gasteiger charge is 2.12. The first-order valence-corrected chi connectivity index (χ1v) is 8.06. The van der Waals surface area contributed by atoms with E-state index in [4.69, 9.17) is 5.73 Å². The lowest BCUT2D eigenvalue weighted by Crippen LogP contribution is -2.28. The van der Waals surface area contributed by atoms with E-state index in [0.717, 1.165) is 43.0 Å². The number of rotatable bonds is 4. The van der Waals surface area contributed by atoms with Crippen LogP contribution in [0, 0.1) is 6.92 Å². The molecule has 0 spiro atoms. The number of aryl methyl sites for hydroxylation is 1. The number of aromatic nitrogens is 1. The molecule has 1 aliphatic rings. The van der Waals surface area contributed by atoms with Gasteiger partial charge >= 0.3 is 0 Å². The standard InChI is InChI=1S/C20H23N3/c1-16-13-20(21)19(14-22-16)15-23-11-9-18(10-12-23)8-7-17-5-3-2-4-6-17/h2-9,13-14H,10-12,15H2,1H3,(H2,21,22)/b8-7+. The highest BCUT2D eigenvalue weighted by molar-refractivity contribution is 5.53. The van der Waals surface area contributed by atoms with Crippen molar-refractivity contribution in [3.05, 3.63) is 77.1 Å². The van der Waals surface area contributed by atoms with Crippen LogP contribution in [-0.4, -0.2) is 23.0 Å². The molecule has 0 fully saturated rings. The Morgan fingerprint density at radius 1 is 1.22 bits per heavy atom. The van der Waals surface area contributed by atoms with Crippen molar-refractivity contribution >= 4 is 11.8 Å². The quantitative estimate of drug-likeness (QED) is 0.933. The molecule has 2 aromatic rings. The summed E-state index contributed by atoms with van der Waals surface area (Å²) in [6, 6.07) is 12.4. The largest absolute Gasteiger partial charge is 0.398 e. The van der Waals surface area contributed by atoms with Gasteiger partial charge in [-0.15, -0.1) is 0 Å². The predicted molar refractivity (Wildman–Crippen MR) is 96.8 cm³/mol. The normalized spacial score (nSPS) is 15.8. The van der Waals surface area contributed by atoms with Crippen LogP contribution in [0.1, 0.15) is 23.2 Å². The highest BCUT2D eigenvalue weighted by Crippen LogP contribution is 2.19. The number of hydrogen-bond acceptors (Lipinski definition) is 3. The van der Waals surface area contributed by atoms with Crippen molar-refractivity contribution in [2.24, 2.45) is 0 Å². The average Bonchev–Trinajstić information content (AvgIpc) is 2.58. The van der Waals surface area contributed by atoms with Gasteiger partial charge in [-0.3, -0.25) is 9.88 Å². The Labute approximate surface area is 138 Å². The van der Waals surface area contributed by atoms with E-state index < -0.39 is 0 Å². The molecular formula is C20H23N3. The number of nitrogens with zero attached hydrogens (tertiary/aromatic N) is 2. The molecule has 0 atom stereocenters. The molecule has 1 aromatic carbocycles. The van der Waals surface area contributed by atoms with Crippen LogP contribution in [0.4, 0.5) is 5.69 Å². The molecule has 1 aliphatic heterocycles. The summed E-state index contributed by atoms with van der Waals surface area (Å²) in [5, 5.41) is 0. The third kappa shape index (κ3) is 4.30. The van der Waals surface area contributed by atoms with Gasteiger partial charge in [-0.2, -0.15) is 0 Å². The molecule has 1 aromatic heterocycles. The lowest BCUT2D eigenvalue weighted by Gasteiger charge is -2.25. The van der Waals surface area contributed by atoms with Crippen molar-refractivity contribution in [3.8, 4) is 0 Å². The highest BCUT2D eigenvalue weighted by atomic mass is 15.1. The van der Waals surface area contributed by atoms with Crippen LogP contribution in [0.15, 0.2) is 60.3 Å². The summed E-state index contributed by atoms with van der Waals surface area (Å²) < 4.78 is 0. The molecule has 0 amide bonds. The molecule has 0 bridgehead atoms. The summed E-state index contributed by atoms with van der Waals surface area (Å²) in [5.41, 5.74) is 11.7. The Morgan fingerprint density at radius 2 is 2.04 bits per heavy atom. The first-order chi connectivity index (χ1) is 11.2. The number of allylic oxidation sites excluding steroid dienone is 1. The van der Waals surface area contributed by atoms with Gasteiger partial charge in [0, 0.05) is 42.8 Å². The lowest BCUT2D eigenvalue weighted by molar-refractivity contribution is 0.287. The van der Waals surface area contributed by atoms with Gasteiger partial charge in [-0.05, 0) is 30.5 Å². The topological polar surface area (TPSA) is 42.1 Å². The van der Waals surface area contributed by atoms with Crippen molar-refractivity contribution in [2.75, 3.05) is 18.8 Å². The fourth-order valence-electron chi connectivity index (χ4n) is 2.77. The molecule has 3 rings (SSSR count). The van der Waals surface area contributed by atoms with Gasteiger partial charge in [-0.1, -0.05) is 48.6 Å². The van der Waals surface area contributed by atoms with Crippen molar-refractivity contribution < 1.29 is 0 Å². The maximum absolute atomic E-state index is 6.08. The fourth-order valence-corrected chi connectivity index (χ4v) is 2.77. The third-order valence-electron chi connectivity index (χ3n) is 4.17. The van der Waals surface area contributed by atoms with Gasteiger partial charge in [-0.25, -0.2) is 0 Å². The minimum absolute atomic E-state index is 0.844. The first kappa shape index (κ1) is 15.5. The molecule has 2 N–H and O–H groups in total. The van der Waals surface area contributed by atoms with Crippen LogP contribution in [0.25, 0.3) is 6.08 Å². The Hall–Kier alpha value is -2.39. The maximum Gasteiger partial charge on any atom is 0.0393 e. The summed E-state index contributed by atoms with van der Waals surface area (Å²) >= 11 is 0. The van der Waals surface area contributed by atoms with E-state index in [1.807, 2.05) is 25.3 Å². The molecule has 3 nitrogen and oxygen atoms in total. The Bertz CT molecular complexity index is 717. The van der Waals surface area contributed by atoms with Crippen molar-refractivity contribution in [1.82, 2.24) is 9.88 Å². The summed E-state index contributed by atoms with van der Waals surface area (Å²) in [4.78, 5) is 6.76. The maximum atomic E-state index is 6.08. The van der Waals surface area contributed by atoms with E-state index in [1.165, 1.54) is 11.1 Å². The fraction of sp³-hybridized carbons (Fsp3) is 0.250. The van der Waals surface area contributed by atoms with E-state index in [9.17, 15) is 0 Å². The molecule has 0 radical (unpaired) electrons. The Kier molecular flexibility index (Phi) is 4.89. The molecule has 0 saturated heterocycles. The van der Waals surface area contributed by atoms with Crippen molar-refractivity contribution in [2.45, 2.75) is 19.9 Å². The minimum atomic E-state index is 0.844. The summed E-state index contributed by atoms with van der Waals surface area (Å²) in [5.74, 6) is 0. The molecule has 0 unspecified atom stereocenters. The number of hydrogen-bond donors (Lipinski definition) is 1. The molecule has 0 aliphatic carbocycles. The number of nitrogen functional groups attached to an aromatic ring is 1. The second-order valence-electron chi connectivity index (χ2n) is 6.03. The van der Waals surface area contributed by atoms with Crippen LogP contribution >= 0.6 is 0 Å². The summed E-state index contributed by atoms with van der Waals surface area (Å²) in [6.07, 6.45) is 9.69. The lowest BCUT2D eigenvalue weighted by atomic mass is 10.1. The van der Waals surface area contributed by atoms with Crippen LogP contribution in [0.3, 0.4) is 0 Å². The average molecular weight is 305 g/mol. The molecule has 2 heterocycles. The predicted octanol–water partition coefficient (Wildman–Crippen LogP) is 3.82. The van der Waals surface area contributed by atoms with Gasteiger partial charge in [0.2, 0.25) is 0 Å². The molecule has 3 heteroatoms. The number of benzene rings is 1. The Balaban J connectivity index is 1.59. The SMILES string of the molecule is Cc1cc(N)c(CN2CC=C(/C=C/c3ccccc3)CC2)cn1. The van der Waals surface area contributed by atoms with Crippen LogP contribution < -0.4 is 5.73 Å². The third-order valence-corrected chi connectivity index (χ3v) is 4.17. The number of nitrogens with two attached hydrogens (primary N) is 1. The van der Waals surface area contributed by atoms with E-state index >= 15 is 0 Å². The van der Waals surface area contributed by atoms with Crippen molar-refractivity contribution in [1.29, 1.82) is 0 Å². The van der Waals surface area contributed by atoms with Gasteiger partial charge in [0.15, 0.2) is 0 Å². The smallest absolute Gasteiger partial charge is 0.0393 e. The summed E-state index contributed by atoms with van der Waals surface area (Å²) in [7, 11) is 0. The number of anilines is 1. The molecule has 118 valence electrons. The molecular weight excluding hydrogens is 282 g/mol. The van der Waals surface area contributed by atoms with Crippen LogP contribution in [-0.2, 0) is 6.54 Å². The van der Waals surface area contributed by atoms with E-state index in [-0.39, 0.29) is 0 Å². The van der Waals surface area contributed by atoms with Crippen LogP contribution in [0.5, 0.6) is 0 Å². The van der Waals surface area contributed by atoms with Crippen LogP contribution in [0.2, 0.25) is 0 Å². The number of pyridine rings is 1. The first-order valence-electron chi connectivity index (χ1n) is 8.06. The zero-order valence-corrected chi connectivity index (χ0v) is 13.6. The van der Waals surface area contributed by atoms with Gasteiger partial charge in [0.1, 0.15) is 0 Å². The zero-order valence-electron chi connectivity index (χ0n) is 13.6. The monoisotopic (exact) mass is 305 g/mol. The van der Waals surface area contributed by atoms with E-state index in [0.29, 0.717) is 0 Å². The minimum Gasteiger partial charge on any atom is -0.398 e.